The number of aromatic nitrogens is 4. The normalized spacial score (nSPS) is 15.5. The zero-order valence-corrected chi connectivity index (χ0v) is 14.6. The highest BCUT2D eigenvalue weighted by Crippen LogP contribution is 2.24. The first kappa shape index (κ1) is 16.7. The Labute approximate surface area is 150 Å². The maximum Gasteiger partial charge on any atom is 0.254 e. The van der Waals surface area contributed by atoms with Gasteiger partial charge in [0, 0.05) is 32.3 Å². The maximum atomic E-state index is 13.8. The van der Waals surface area contributed by atoms with Crippen LogP contribution in [0.25, 0.3) is 5.78 Å². The molecular weight excluding hydrogens is 335 g/mol. The number of methoxy groups -OCH3 is 1. The van der Waals surface area contributed by atoms with Crippen LogP contribution >= 0.6 is 0 Å². The minimum atomic E-state index is -0.211. The van der Waals surface area contributed by atoms with E-state index in [-0.39, 0.29) is 11.9 Å². The third-order valence-electron chi connectivity index (χ3n) is 4.63. The number of halogens is 1. The molecule has 0 radical (unpaired) electrons. The summed E-state index contributed by atoms with van der Waals surface area (Å²) in [6, 6.07) is 9.04. The number of hydrogen-bond acceptors (Lipinski definition) is 6. The van der Waals surface area contributed by atoms with Gasteiger partial charge in [0.1, 0.15) is 18.0 Å². The zero-order valence-electron chi connectivity index (χ0n) is 14.6. The minimum absolute atomic E-state index is 0.211. The van der Waals surface area contributed by atoms with Crippen molar-refractivity contribution in [1.29, 1.82) is 0 Å². The van der Waals surface area contributed by atoms with Crippen molar-refractivity contribution in [2.45, 2.75) is 25.5 Å². The molecule has 1 aliphatic heterocycles. The summed E-state index contributed by atoms with van der Waals surface area (Å²) >= 11 is 0. The standard InChI is InChI=1S/C18H21FN6O/c1-26-11-14-10-17(25-18(23-14)20-12-21-25)24-8-6-13(7-9-24)22-16-5-3-2-4-15(16)19/h2-5,10,12-13,22H,6-9,11H2,1H3. The Hall–Kier alpha value is -2.74. The van der Waals surface area contributed by atoms with Crippen molar-refractivity contribution in [3.05, 3.63) is 48.2 Å². The SMILES string of the molecule is COCc1cc(N2CCC(Nc3ccccc3F)CC2)n2ncnc2n1. The maximum absolute atomic E-state index is 13.8. The highest BCUT2D eigenvalue weighted by molar-refractivity contribution is 5.49. The van der Waals surface area contributed by atoms with Gasteiger partial charge in [-0.05, 0) is 25.0 Å². The summed E-state index contributed by atoms with van der Waals surface area (Å²) in [6.45, 7) is 2.12. The molecule has 0 aliphatic carbocycles. The van der Waals surface area contributed by atoms with Gasteiger partial charge in [0.05, 0.1) is 18.0 Å². The van der Waals surface area contributed by atoms with Crippen LogP contribution in [-0.4, -0.2) is 45.8 Å². The van der Waals surface area contributed by atoms with Crippen molar-refractivity contribution in [3.8, 4) is 0 Å². The van der Waals surface area contributed by atoms with E-state index < -0.39 is 0 Å². The molecule has 26 heavy (non-hydrogen) atoms. The van der Waals surface area contributed by atoms with Crippen LogP contribution in [0.2, 0.25) is 0 Å². The average molecular weight is 356 g/mol. The van der Waals surface area contributed by atoms with Crippen molar-refractivity contribution in [2.75, 3.05) is 30.4 Å². The van der Waals surface area contributed by atoms with Gasteiger partial charge in [0.2, 0.25) is 0 Å². The van der Waals surface area contributed by atoms with E-state index in [0.29, 0.717) is 18.1 Å². The first-order valence-corrected chi connectivity index (χ1v) is 8.69. The summed E-state index contributed by atoms with van der Waals surface area (Å²) in [7, 11) is 1.65. The van der Waals surface area contributed by atoms with E-state index in [2.05, 4.69) is 25.3 Å². The lowest BCUT2D eigenvalue weighted by molar-refractivity contribution is 0.181. The van der Waals surface area contributed by atoms with Gasteiger partial charge in [0.15, 0.2) is 0 Å². The number of rotatable bonds is 5. The predicted molar refractivity (Wildman–Crippen MR) is 96.8 cm³/mol. The first-order valence-electron chi connectivity index (χ1n) is 8.69. The number of anilines is 2. The molecule has 1 aromatic carbocycles. The summed E-state index contributed by atoms with van der Waals surface area (Å²) < 4.78 is 20.8. The number of benzene rings is 1. The molecule has 0 saturated carbocycles. The molecule has 1 N–H and O–H groups in total. The summed E-state index contributed by atoms with van der Waals surface area (Å²) in [5, 5.41) is 7.61. The van der Waals surface area contributed by atoms with E-state index in [9.17, 15) is 4.39 Å². The Morgan fingerprint density at radius 1 is 1.27 bits per heavy atom. The molecule has 8 heteroatoms. The highest BCUT2D eigenvalue weighted by Gasteiger charge is 2.22. The Kier molecular flexibility index (Phi) is 4.66. The van der Waals surface area contributed by atoms with Crippen LogP contribution in [0.5, 0.6) is 0 Å². The van der Waals surface area contributed by atoms with Crippen LogP contribution in [0.1, 0.15) is 18.5 Å². The molecule has 0 atom stereocenters. The van der Waals surface area contributed by atoms with Crippen LogP contribution in [0.4, 0.5) is 15.9 Å². The summed E-state index contributed by atoms with van der Waals surface area (Å²) in [5.41, 5.74) is 1.39. The van der Waals surface area contributed by atoms with Gasteiger partial charge in [0.25, 0.3) is 5.78 Å². The molecule has 4 rings (SSSR count). The Morgan fingerprint density at radius 3 is 2.85 bits per heavy atom. The van der Waals surface area contributed by atoms with Crippen molar-refractivity contribution in [1.82, 2.24) is 19.6 Å². The second kappa shape index (κ2) is 7.25. The Morgan fingerprint density at radius 2 is 2.08 bits per heavy atom. The van der Waals surface area contributed by atoms with Gasteiger partial charge in [-0.3, -0.25) is 0 Å². The summed E-state index contributed by atoms with van der Waals surface area (Å²) in [4.78, 5) is 10.9. The molecular formula is C18H21FN6O. The molecule has 0 amide bonds. The van der Waals surface area contributed by atoms with E-state index in [1.54, 1.807) is 23.8 Å². The van der Waals surface area contributed by atoms with Gasteiger partial charge >= 0.3 is 0 Å². The van der Waals surface area contributed by atoms with Gasteiger partial charge in [-0.15, -0.1) is 0 Å². The van der Waals surface area contributed by atoms with E-state index in [0.717, 1.165) is 37.4 Å². The van der Waals surface area contributed by atoms with E-state index >= 15 is 0 Å². The van der Waals surface area contributed by atoms with Crippen molar-refractivity contribution in [2.24, 2.45) is 0 Å². The largest absolute Gasteiger partial charge is 0.380 e. The molecule has 3 aromatic rings. The van der Waals surface area contributed by atoms with Gasteiger partial charge in [-0.2, -0.15) is 14.6 Å². The van der Waals surface area contributed by atoms with Crippen LogP contribution in [0.3, 0.4) is 0 Å². The van der Waals surface area contributed by atoms with E-state index in [4.69, 9.17) is 4.74 Å². The second-order valence-corrected chi connectivity index (χ2v) is 6.40. The van der Waals surface area contributed by atoms with Gasteiger partial charge in [-0.1, -0.05) is 12.1 Å². The van der Waals surface area contributed by atoms with Gasteiger partial charge < -0.3 is 15.0 Å². The minimum Gasteiger partial charge on any atom is -0.380 e. The monoisotopic (exact) mass is 356 g/mol. The first-order chi connectivity index (χ1) is 12.7. The number of para-hydroxylation sites is 1. The van der Waals surface area contributed by atoms with Crippen LogP contribution in [0, 0.1) is 5.82 Å². The zero-order chi connectivity index (χ0) is 17.9. The molecule has 1 fully saturated rings. The van der Waals surface area contributed by atoms with Crippen molar-refractivity contribution in [3.63, 3.8) is 0 Å². The third kappa shape index (κ3) is 3.32. The number of hydrogen-bond donors (Lipinski definition) is 1. The highest BCUT2D eigenvalue weighted by atomic mass is 19.1. The second-order valence-electron chi connectivity index (χ2n) is 6.40. The lowest BCUT2D eigenvalue weighted by Crippen LogP contribution is -2.40. The molecule has 1 saturated heterocycles. The molecule has 3 heterocycles. The van der Waals surface area contributed by atoms with Crippen molar-refractivity contribution < 1.29 is 9.13 Å². The fourth-order valence-electron chi connectivity index (χ4n) is 3.34. The van der Waals surface area contributed by atoms with E-state index in [1.165, 1.54) is 12.4 Å². The molecule has 7 nitrogen and oxygen atoms in total. The number of nitrogens with one attached hydrogen (secondary N) is 1. The third-order valence-corrected chi connectivity index (χ3v) is 4.63. The van der Waals surface area contributed by atoms with Crippen LogP contribution in [0.15, 0.2) is 36.7 Å². The topological polar surface area (TPSA) is 67.6 Å². The lowest BCUT2D eigenvalue weighted by atomic mass is 10.0. The van der Waals surface area contributed by atoms with Crippen LogP contribution in [-0.2, 0) is 11.3 Å². The molecule has 136 valence electrons. The van der Waals surface area contributed by atoms with Crippen molar-refractivity contribution >= 4 is 17.3 Å². The van der Waals surface area contributed by atoms with E-state index in [1.807, 2.05) is 12.1 Å². The fraction of sp³-hybridized carbons (Fsp3) is 0.389. The van der Waals surface area contributed by atoms with Gasteiger partial charge in [-0.25, -0.2) is 9.37 Å². The lowest BCUT2D eigenvalue weighted by Gasteiger charge is -2.34. The average Bonchev–Trinajstić information content (AvgIpc) is 3.12. The fourth-order valence-corrected chi connectivity index (χ4v) is 3.34. The number of nitrogens with zero attached hydrogens (tertiary/aromatic N) is 5. The van der Waals surface area contributed by atoms with Crippen LogP contribution < -0.4 is 10.2 Å². The molecule has 1 aliphatic rings. The number of piperidine rings is 1. The predicted octanol–water partition coefficient (Wildman–Crippen LogP) is 2.49. The Balaban J connectivity index is 1.49. The Bertz CT molecular complexity index is 890. The smallest absolute Gasteiger partial charge is 0.254 e. The summed E-state index contributed by atoms with van der Waals surface area (Å²) in [6.07, 6.45) is 3.33. The molecule has 0 bridgehead atoms. The molecule has 0 spiro atoms. The quantitative estimate of drug-likeness (QED) is 0.758. The summed E-state index contributed by atoms with van der Waals surface area (Å²) in [5.74, 6) is 1.32. The number of ether oxygens (including phenoxy) is 1. The number of fused-ring (bicyclic) bond motifs is 1. The molecule has 2 aromatic heterocycles. The molecule has 0 unspecified atom stereocenters.